The summed E-state index contributed by atoms with van der Waals surface area (Å²) in [5.41, 5.74) is 6.48. The van der Waals surface area contributed by atoms with Crippen LogP contribution in [0.5, 0.6) is 0 Å². The van der Waals surface area contributed by atoms with Gasteiger partial charge in [-0.2, -0.15) is 5.10 Å². The van der Waals surface area contributed by atoms with Crippen LogP contribution in [0.1, 0.15) is 18.4 Å². The molecule has 2 rings (SSSR count). The molecular weight excluding hydrogens is 242 g/mol. The van der Waals surface area contributed by atoms with Gasteiger partial charge in [-0.25, -0.2) is 0 Å². The van der Waals surface area contributed by atoms with E-state index in [1.807, 2.05) is 13.0 Å². The van der Waals surface area contributed by atoms with Crippen molar-refractivity contribution < 1.29 is 4.79 Å². The Labute approximate surface area is 113 Å². The molecule has 1 unspecified atom stereocenters. The van der Waals surface area contributed by atoms with Crippen molar-refractivity contribution in [1.82, 2.24) is 15.5 Å². The summed E-state index contributed by atoms with van der Waals surface area (Å²) in [6, 6.07) is 2.01. The van der Waals surface area contributed by atoms with Crippen LogP contribution in [-0.2, 0) is 4.79 Å². The summed E-state index contributed by atoms with van der Waals surface area (Å²) in [7, 11) is 0. The normalized spacial score (nSPS) is 19.3. The van der Waals surface area contributed by atoms with Gasteiger partial charge in [0.05, 0.1) is 12.1 Å². The number of hydrogen-bond donors (Lipinski definition) is 2. The van der Waals surface area contributed by atoms with Crippen LogP contribution in [-0.4, -0.2) is 42.3 Å². The maximum Gasteiger partial charge on any atom is 0.224 e. The zero-order chi connectivity index (χ0) is 13.7. The second-order valence-electron chi connectivity index (χ2n) is 4.96. The predicted octanol–water partition coefficient (Wildman–Crippen LogP) is 0.0763. The number of carbonyl (C=O) groups excluding carboxylic acids is 1. The van der Waals surface area contributed by atoms with E-state index in [1.54, 1.807) is 6.20 Å². The third kappa shape index (κ3) is 3.64. The fraction of sp³-hybridized carbons (Fsp3) is 0.615. The van der Waals surface area contributed by atoms with Crippen LogP contribution in [0.2, 0.25) is 0 Å². The van der Waals surface area contributed by atoms with Crippen LogP contribution in [0, 0.1) is 12.8 Å². The molecule has 1 fully saturated rings. The molecule has 1 aromatic rings. The first-order valence-electron chi connectivity index (χ1n) is 6.72. The highest BCUT2D eigenvalue weighted by Gasteiger charge is 2.26. The summed E-state index contributed by atoms with van der Waals surface area (Å²) in [5, 5.41) is 11.0. The Morgan fingerprint density at radius 1 is 1.63 bits per heavy atom. The fourth-order valence-electron chi connectivity index (χ4n) is 2.34. The van der Waals surface area contributed by atoms with E-state index in [9.17, 15) is 4.79 Å². The number of amides is 1. The highest BCUT2D eigenvalue weighted by Crippen LogP contribution is 2.21. The van der Waals surface area contributed by atoms with E-state index in [2.05, 4.69) is 20.4 Å². The molecule has 104 valence electrons. The minimum atomic E-state index is 0.0163. The maximum atomic E-state index is 12.0. The third-order valence-electron chi connectivity index (χ3n) is 3.34. The first-order valence-corrected chi connectivity index (χ1v) is 6.72. The monoisotopic (exact) mass is 263 g/mol. The molecule has 1 atom stereocenters. The van der Waals surface area contributed by atoms with E-state index in [0.717, 1.165) is 30.8 Å². The SMILES string of the molecule is Cc1cnnc(N2CCCC(C(=O)NCCN)C2)c1. The number of anilines is 1. The molecule has 0 spiro atoms. The average Bonchev–Trinajstić information content (AvgIpc) is 2.45. The van der Waals surface area contributed by atoms with E-state index in [1.165, 1.54) is 0 Å². The number of carbonyl (C=O) groups is 1. The summed E-state index contributed by atoms with van der Waals surface area (Å²) in [6.07, 6.45) is 3.65. The molecule has 0 bridgehead atoms. The summed E-state index contributed by atoms with van der Waals surface area (Å²) in [6.45, 7) is 4.64. The van der Waals surface area contributed by atoms with Crippen molar-refractivity contribution in [3.05, 3.63) is 17.8 Å². The largest absolute Gasteiger partial charge is 0.355 e. The lowest BCUT2D eigenvalue weighted by Crippen LogP contribution is -2.44. The average molecular weight is 263 g/mol. The van der Waals surface area contributed by atoms with Gasteiger partial charge in [0.25, 0.3) is 0 Å². The zero-order valence-corrected chi connectivity index (χ0v) is 11.3. The van der Waals surface area contributed by atoms with E-state index in [0.29, 0.717) is 19.6 Å². The van der Waals surface area contributed by atoms with Crippen molar-refractivity contribution in [3.8, 4) is 0 Å². The van der Waals surface area contributed by atoms with E-state index in [-0.39, 0.29) is 11.8 Å². The lowest BCUT2D eigenvalue weighted by molar-refractivity contribution is -0.125. The quantitative estimate of drug-likeness (QED) is 0.803. The number of nitrogens with zero attached hydrogens (tertiary/aromatic N) is 3. The van der Waals surface area contributed by atoms with Gasteiger partial charge in [-0.1, -0.05) is 0 Å². The van der Waals surface area contributed by atoms with Gasteiger partial charge < -0.3 is 16.0 Å². The molecule has 0 radical (unpaired) electrons. The molecule has 6 nitrogen and oxygen atoms in total. The minimum Gasteiger partial charge on any atom is -0.355 e. The number of aryl methyl sites for hydroxylation is 1. The minimum absolute atomic E-state index is 0.0163. The van der Waals surface area contributed by atoms with Crippen molar-refractivity contribution in [2.24, 2.45) is 11.7 Å². The van der Waals surface area contributed by atoms with Gasteiger partial charge in [-0.05, 0) is 31.4 Å². The summed E-state index contributed by atoms with van der Waals surface area (Å²) >= 11 is 0. The molecule has 1 saturated heterocycles. The van der Waals surface area contributed by atoms with Crippen LogP contribution in [0.3, 0.4) is 0 Å². The van der Waals surface area contributed by atoms with E-state index < -0.39 is 0 Å². The van der Waals surface area contributed by atoms with Crippen molar-refractivity contribution in [2.75, 3.05) is 31.1 Å². The maximum absolute atomic E-state index is 12.0. The lowest BCUT2D eigenvalue weighted by atomic mass is 9.97. The molecule has 1 amide bonds. The smallest absolute Gasteiger partial charge is 0.224 e. The van der Waals surface area contributed by atoms with Gasteiger partial charge in [0.15, 0.2) is 5.82 Å². The van der Waals surface area contributed by atoms with Crippen molar-refractivity contribution in [3.63, 3.8) is 0 Å². The number of rotatable bonds is 4. The molecule has 1 aliphatic heterocycles. The first kappa shape index (κ1) is 13.7. The highest BCUT2D eigenvalue weighted by atomic mass is 16.1. The number of aromatic nitrogens is 2. The van der Waals surface area contributed by atoms with Gasteiger partial charge in [0.1, 0.15) is 0 Å². The van der Waals surface area contributed by atoms with Crippen LogP contribution >= 0.6 is 0 Å². The molecule has 6 heteroatoms. The Balaban J connectivity index is 1.99. The van der Waals surface area contributed by atoms with Gasteiger partial charge in [-0.3, -0.25) is 4.79 Å². The molecule has 3 N–H and O–H groups in total. The predicted molar refractivity (Wildman–Crippen MR) is 73.8 cm³/mol. The van der Waals surface area contributed by atoms with Crippen LogP contribution in [0.4, 0.5) is 5.82 Å². The summed E-state index contributed by atoms with van der Waals surface area (Å²) in [5.74, 6) is 0.967. The highest BCUT2D eigenvalue weighted by molar-refractivity contribution is 5.79. The molecule has 0 aromatic carbocycles. The fourth-order valence-corrected chi connectivity index (χ4v) is 2.34. The Morgan fingerprint density at radius 3 is 3.21 bits per heavy atom. The number of piperidine rings is 1. The molecular formula is C13H21N5O. The standard InChI is InChI=1S/C13H21N5O/c1-10-7-12(17-16-8-10)18-6-2-3-11(9-18)13(19)15-5-4-14/h7-8,11H,2-6,9,14H2,1H3,(H,15,19). The molecule has 1 aromatic heterocycles. The van der Waals surface area contributed by atoms with Gasteiger partial charge in [0.2, 0.25) is 5.91 Å². The van der Waals surface area contributed by atoms with Crippen molar-refractivity contribution in [1.29, 1.82) is 0 Å². The molecule has 0 aliphatic carbocycles. The van der Waals surface area contributed by atoms with E-state index in [4.69, 9.17) is 5.73 Å². The number of nitrogens with two attached hydrogens (primary N) is 1. The van der Waals surface area contributed by atoms with Gasteiger partial charge in [0, 0.05) is 26.2 Å². The zero-order valence-electron chi connectivity index (χ0n) is 11.3. The number of nitrogens with one attached hydrogen (secondary N) is 1. The van der Waals surface area contributed by atoms with Gasteiger partial charge in [-0.15, -0.1) is 5.10 Å². The summed E-state index contributed by atoms with van der Waals surface area (Å²) in [4.78, 5) is 14.1. The molecule has 2 heterocycles. The molecule has 0 saturated carbocycles. The van der Waals surface area contributed by atoms with Crippen LogP contribution < -0.4 is 16.0 Å². The lowest BCUT2D eigenvalue weighted by Gasteiger charge is -2.32. The van der Waals surface area contributed by atoms with Gasteiger partial charge >= 0.3 is 0 Å². The van der Waals surface area contributed by atoms with E-state index >= 15 is 0 Å². The Kier molecular flexibility index (Phi) is 4.68. The summed E-state index contributed by atoms with van der Waals surface area (Å²) < 4.78 is 0. The Hall–Kier alpha value is -1.69. The van der Waals surface area contributed by atoms with Crippen LogP contribution in [0.15, 0.2) is 12.3 Å². The topological polar surface area (TPSA) is 84.1 Å². The van der Waals surface area contributed by atoms with Crippen LogP contribution in [0.25, 0.3) is 0 Å². The first-order chi connectivity index (χ1) is 9.20. The number of hydrogen-bond acceptors (Lipinski definition) is 5. The van der Waals surface area contributed by atoms with Crippen molar-refractivity contribution >= 4 is 11.7 Å². The second-order valence-corrected chi connectivity index (χ2v) is 4.96. The Bertz CT molecular complexity index is 437. The Morgan fingerprint density at radius 2 is 2.47 bits per heavy atom. The second kappa shape index (κ2) is 6.47. The third-order valence-corrected chi connectivity index (χ3v) is 3.34. The molecule has 1 aliphatic rings. The van der Waals surface area contributed by atoms with Crippen molar-refractivity contribution in [2.45, 2.75) is 19.8 Å². The molecule has 19 heavy (non-hydrogen) atoms.